The lowest BCUT2D eigenvalue weighted by atomic mass is 10.0. The van der Waals surface area contributed by atoms with Crippen LogP contribution in [-0.2, 0) is 28.6 Å². The Kier molecular flexibility index (Phi) is 41.3. The Morgan fingerprint density at radius 2 is 0.509 bits per heavy atom. The van der Waals surface area contributed by atoms with Crippen LogP contribution in [0.25, 0.3) is 0 Å². The summed E-state index contributed by atoms with van der Waals surface area (Å²) in [4.78, 5) is 37.8. The molecule has 0 aliphatic rings. The van der Waals surface area contributed by atoms with E-state index in [2.05, 4.69) is 41.5 Å². The molecule has 6 nitrogen and oxygen atoms in total. The normalized spacial score (nSPS) is 12.2. The van der Waals surface area contributed by atoms with Gasteiger partial charge in [0.1, 0.15) is 13.2 Å². The summed E-state index contributed by atoms with van der Waals surface area (Å²) < 4.78 is 16.8. The van der Waals surface area contributed by atoms with Gasteiger partial charge < -0.3 is 14.2 Å². The number of hydrogen-bond acceptors (Lipinski definition) is 6. The van der Waals surface area contributed by atoms with Crippen LogP contribution in [0.1, 0.15) is 273 Å². The first-order valence-electron chi connectivity index (χ1n) is 25.1. The van der Waals surface area contributed by atoms with Gasteiger partial charge in [-0.05, 0) is 37.0 Å². The SMILES string of the molecule is CC(C)CCCCCCCCCCCCCCCCCC(=O)OC[C@H](COC(=O)CCCCCCCCC(C)C)OC(=O)CCCCCCCCCCCC(C)C. The Morgan fingerprint density at radius 1 is 0.298 bits per heavy atom. The van der Waals surface area contributed by atoms with E-state index < -0.39 is 6.10 Å². The quantitative estimate of drug-likeness (QED) is 0.0347. The molecular weight excluding hydrogens is 709 g/mol. The van der Waals surface area contributed by atoms with E-state index in [1.807, 2.05) is 0 Å². The van der Waals surface area contributed by atoms with Gasteiger partial charge in [-0.15, -0.1) is 0 Å². The van der Waals surface area contributed by atoms with Crippen molar-refractivity contribution in [2.75, 3.05) is 13.2 Å². The molecule has 0 rings (SSSR count). The van der Waals surface area contributed by atoms with Crippen molar-refractivity contribution in [2.24, 2.45) is 17.8 Å². The van der Waals surface area contributed by atoms with E-state index in [1.165, 1.54) is 154 Å². The summed E-state index contributed by atoms with van der Waals surface area (Å²) in [5.41, 5.74) is 0. The molecule has 0 aromatic rings. The number of carbonyl (C=O) groups excluding carboxylic acids is 3. The third-order valence-electron chi connectivity index (χ3n) is 11.4. The molecule has 0 aliphatic heterocycles. The van der Waals surface area contributed by atoms with Crippen molar-refractivity contribution in [1.29, 1.82) is 0 Å². The van der Waals surface area contributed by atoms with Gasteiger partial charge in [-0.1, -0.05) is 234 Å². The van der Waals surface area contributed by atoms with Crippen LogP contribution in [0.3, 0.4) is 0 Å². The Bertz CT molecular complexity index is 883. The Labute approximate surface area is 355 Å². The first-order valence-corrected chi connectivity index (χ1v) is 25.1. The van der Waals surface area contributed by atoms with Crippen LogP contribution in [0.4, 0.5) is 0 Å². The first kappa shape index (κ1) is 55.4. The van der Waals surface area contributed by atoms with Crippen molar-refractivity contribution < 1.29 is 28.6 Å². The highest BCUT2D eigenvalue weighted by atomic mass is 16.6. The monoisotopic (exact) mass is 807 g/mol. The number of esters is 3. The average molecular weight is 807 g/mol. The molecule has 0 amide bonds. The highest BCUT2D eigenvalue weighted by molar-refractivity contribution is 5.71. The molecule has 0 spiro atoms. The first-order chi connectivity index (χ1) is 27.6. The molecule has 6 heteroatoms. The van der Waals surface area contributed by atoms with Crippen molar-refractivity contribution in [3.05, 3.63) is 0 Å². The summed E-state index contributed by atoms with van der Waals surface area (Å²) in [5.74, 6) is 1.56. The van der Waals surface area contributed by atoms with Gasteiger partial charge >= 0.3 is 17.9 Å². The van der Waals surface area contributed by atoms with Crippen molar-refractivity contribution in [3.63, 3.8) is 0 Å². The van der Waals surface area contributed by atoms with E-state index in [-0.39, 0.29) is 31.1 Å². The maximum atomic E-state index is 12.7. The van der Waals surface area contributed by atoms with E-state index in [4.69, 9.17) is 14.2 Å². The molecule has 0 unspecified atom stereocenters. The van der Waals surface area contributed by atoms with Gasteiger partial charge in [0.2, 0.25) is 0 Å². The van der Waals surface area contributed by atoms with Gasteiger partial charge in [-0.3, -0.25) is 14.4 Å². The summed E-state index contributed by atoms with van der Waals surface area (Å²) in [5, 5.41) is 0. The van der Waals surface area contributed by atoms with Crippen LogP contribution < -0.4 is 0 Å². The standard InChI is InChI=1S/C51H98O6/c1-45(2)37-31-25-19-15-12-10-8-7-9-11-13-17-21-28-34-40-49(52)55-43-48(44-56-50(53)41-35-29-24-23-27-33-39-47(5)6)57-51(54)42-36-30-22-18-14-16-20-26-32-38-46(3)4/h45-48H,7-44H2,1-6H3/t48-/m1/s1. The van der Waals surface area contributed by atoms with Gasteiger partial charge in [-0.25, -0.2) is 0 Å². The molecule has 0 heterocycles. The van der Waals surface area contributed by atoms with Crippen molar-refractivity contribution >= 4 is 17.9 Å². The Balaban J connectivity index is 4.24. The minimum Gasteiger partial charge on any atom is -0.462 e. The van der Waals surface area contributed by atoms with Crippen LogP contribution in [0.2, 0.25) is 0 Å². The maximum Gasteiger partial charge on any atom is 0.306 e. The molecule has 0 bridgehead atoms. The fraction of sp³-hybridized carbons (Fsp3) is 0.941. The smallest absolute Gasteiger partial charge is 0.306 e. The predicted octanol–water partition coefficient (Wildman–Crippen LogP) is 16.0. The molecule has 0 aromatic heterocycles. The number of carbonyl (C=O) groups is 3. The molecule has 0 saturated heterocycles. The molecule has 338 valence electrons. The Morgan fingerprint density at radius 3 is 0.754 bits per heavy atom. The lowest BCUT2D eigenvalue weighted by Crippen LogP contribution is -2.30. The predicted molar refractivity (Wildman–Crippen MR) is 243 cm³/mol. The van der Waals surface area contributed by atoms with Crippen LogP contribution >= 0.6 is 0 Å². The van der Waals surface area contributed by atoms with Crippen LogP contribution in [0.15, 0.2) is 0 Å². The van der Waals surface area contributed by atoms with Crippen molar-refractivity contribution in [2.45, 2.75) is 279 Å². The van der Waals surface area contributed by atoms with Crippen LogP contribution in [-0.4, -0.2) is 37.2 Å². The number of hydrogen-bond donors (Lipinski definition) is 0. The van der Waals surface area contributed by atoms with E-state index in [1.54, 1.807) is 0 Å². The maximum absolute atomic E-state index is 12.7. The van der Waals surface area contributed by atoms with Gasteiger partial charge in [0.05, 0.1) is 0 Å². The van der Waals surface area contributed by atoms with Gasteiger partial charge in [0.15, 0.2) is 6.10 Å². The molecule has 0 radical (unpaired) electrons. The summed E-state index contributed by atoms with van der Waals surface area (Å²) in [6.07, 6.45) is 41.1. The number of unbranched alkanes of at least 4 members (excludes halogenated alkanes) is 27. The lowest BCUT2D eigenvalue weighted by molar-refractivity contribution is -0.167. The molecular formula is C51H98O6. The van der Waals surface area contributed by atoms with Gasteiger partial charge in [0.25, 0.3) is 0 Å². The van der Waals surface area contributed by atoms with Gasteiger partial charge in [-0.2, -0.15) is 0 Å². The third-order valence-corrected chi connectivity index (χ3v) is 11.4. The second-order valence-corrected chi connectivity index (χ2v) is 18.9. The highest BCUT2D eigenvalue weighted by Crippen LogP contribution is 2.17. The zero-order valence-corrected chi connectivity index (χ0v) is 39.1. The fourth-order valence-corrected chi connectivity index (χ4v) is 7.59. The van der Waals surface area contributed by atoms with Crippen LogP contribution in [0.5, 0.6) is 0 Å². The summed E-state index contributed by atoms with van der Waals surface area (Å²) in [6.45, 7) is 13.6. The molecule has 0 aromatic carbocycles. The number of rotatable bonds is 44. The average Bonchev–Trinajstić information content (AvgIpc) is 3.16. The fourth-order valence-electron chi connectivity index (χ4n) is 7.59. The second-order valence-electron chi connectivity index (χ2n) is 18.9. The van der Waals surface area contributed by atoms with Crippen molar-refractivity contribution in [1.82, 2.24) is 0 Å². The molecule has 1 atom stereocenters. The highest BCUT2D eigenvalue weighted by Gasteiger charge is 2.19. The molecule has 57 heavy (non-hydrogen) atoms. The minimum absolute atomic E-state index is 0.0658. The third kappa shape index (κ3) is 45.3. The molecule has 0 N–H and O–H groups in total. The summed E-state index contributed by atoms with van der Waals surface area (Å²) in [6, 6.07) is 0. The van der Waals surface area contributed by atoms with E-state index in [0.29, 0.717) is 19.3 Å². The molecule has 0 fully saturated rings. The van der Waals surface area contributed by atoms with Crippen molar-refractivity contribution in [3.8, 4) is 0 Å². The minimum atomic E-state index is -0.762. The molecule has 0 aliphatic carbocycles. The largest absolute Gasteiger partial charge is 0.462 e. The zero-order chi connectivity index (χ0) is 42.0. The Hall–Kier alpha value is -1.59. The second kappa shape index (κ2) is 42.5. The lowest BCUT2D eigenvalue weighted by Gasteiger charge is -2.18. The van der Waals surface area contributed by atoms with E-state index in [9.17, 15) is 14.4 Å². The summed E-state index contributed by atoms with van der Waals surface area (Å²) in [7, 11) is 0. The zero-order valence-electron chi connectivity index (χ0n) is 39.1. The van der Waals surface area contributed by atoms with Crippen LogP contribution in [0, 0.1) is 17.8 Å². The van der Waals surface area contributed by atoms with Gasteiger partial charge in [0, 0.05) is 19.3 Å². The van der Waals surface area contributed by atoms with E-state index >= 15 is 0 Å². The topological polar surface area (TPSA) is 78.9 Å². The number of ether oxygens (including phenoxy) is 3. The summed E-state index contributed by atoms with van der Waals surface area (Å²) >= 11 is 0. The van der Waals surface area contributed by atoms with E-state index in [0.717, 1.165) is 75.5 Å². The molecule has 0 saturated carbocycles.